The number of hydrogen-bond donors (Lipinski definition) is 1. The Morgan fingerprint density at radius 2 is 2.15 bits per heavy atom. The third kappa shape index (κ3) is 1.88. The molecule has 1 aromatic rings. The van der Waals surface area contributed by atoms with E-state index < -0.39 is 0 Å². The number of benzene rings is 1. The van der Waals surface area contributed by atoms with Crippen LogP contribution in [-0.4, -0.2) is 12.6 Å². The van der Waals surface area contributed by atoms with Gasteiger partial charge in [0.2, 0.25) is 0 Å². The summed E-state index contributed by atoms with van der Waals surface area (Å²) >= 11 is 0. The lowest BCUT2D eigenvalue weighted by molar-refractivity contribution is 0.738. The fourth-order valence-corrected chi connectivity index (χ4v) is 1.67. The Balaban J connectivity index is 1.90. The fourth-order valence-electron chi connectivity index (χ4n) is 1.67. The summed E-state index contributed by atoms with van der Waals surface area (Å²) in [7, 11) is 0. The molecule has 2 nitrogen and oxygen atoms in total. The molecular formula is C11H12N2. The molecule has 2 rings (SSSR count). The molecule has 13 heavy (non-hydrogen) atoms. The third-order valence-corrected chi connectivity index (χ3v) is 2.46. The van der Waals surface area contributed by atoms with E-state index >= 15 is 0 Å². The number of nitrogens with zero attached hydrogens (tertiary/aromatic N) is 1. The lowest BCUT2D eigenvalue weighted by Crippen LogP contribution is -2.17. The first-order chi connectivity index (χ1) is 6.42. The first kappa shape index (κ1) is 8.28. The zero-order chi connectivity index (χ0) is 9.10. The normalized spacial score (nSPS) is 25.2. The van der Waals surface area contributed by atoms with E-state index in [1.165, 1.54) is 12.0 Å². The van der Waals surface area contributed by atoms with Crippen LogP contribution in [0, 0.1) is 11.3 Å². The van der Waals surface area contributed by atoms with Crippen molar-refractivity contribution < 1.29 is 0 Å². The predicted molar refractivity (Wildman–Crippen MR) is 51.2 cm³/mol. The second-order valence-electron chi connectivity index (χ2n) is 3.40. The van der Waals surface area contributed by atoms with Gasteiger partial charge in [0.25, 0.3) is 0 Å². The molecule has 0 bridgehead atoms. The minimum atomic E-state index is 0.466. The van der Waals surface area contributed by atoms with Crippen LogP contribution in [0.25, 0.3) is 0 Å². The monoisotopic (exact) mass is 172 g/mol. The van der Waals surface area contributed by atoms with Crippen LogP contribution >= 0.6 is 0 Å². The molecule has 66 valence electrons. The fraction of sp³-hybridized carbons (Fsp3) is 0.364. The number of hydrogen-bond acceptors (Lipinski definition) is 2. The zero-order valence-electron chi connectivity index (χ0n) is 7.40. The highest BCUT2D eigenvalue weighted by Crippen LogP contribution is 2.40. The lowest BCUT2D eigenvalue weighted by atomic mass is 10.1. The van der Waals surface area contributed by atoms with Gasteiger partial charge in [-0.25, -0.2) is 0 Å². The van der Waals surface area contributed by atoms with Crippen molar-refractivity contribution in [3.05, 3.63) is 35.9 Å². The molecule has 0 amide bonds. The Morgan fingerprint density at radius 1 is 1.38 bits per heavy atom. The van der Waals surface area contributed by atoms with Crippen molar-refractivity contribution in [2.75, 3.05) is 6.54 Å². The quantitative estimate of drug-likeness (QED) is 0.704. The molecule has 1 saturated carbocycles. The second kappa shape index (κ2) is 3.59. The van der Waals surface area contributed by atoms with E-state index in [2.05, 4.69) is 35.7 Å². The first-order valence-corrected chi connectivity index (χ1v) is 4.57. The van der Waals surface area contributed by atoms with Crippen molar-refractivity contribution in [2.24, 2.45) is 0 Å². The van der Waals surface area contributed by atoms with Crippen LogP contribution < -0.4 is 5.32 Å². The molecule has 0 heterocycles. The number of nitriles is 1. The van der Waals surface area contributed by atoms with Crippen LogP contribution in [0.3, 0.4) is 0 Å². The summed E-state index contributed by atoms with van der Waals surface area (Å²) in [6.45, 7) is 0.466. The molecule has 1 aliphatic carbocycles. The Bertz CT molecular complexity index is 313. The standard InChI is InChI=1S/C11H12N2/c12-6-7-13-11-8-10(11)9-4-2-1-3-5-9/h1-5,10-11,13H,7-8H2. The van der Waals surface area contributed by atoms with Gasteiger partial charge >= 0.3 is 0 Å². The van der Waals surface area contributed by atoms with Crippen LogP contribution in [0.1, 0.15) is 17.9 Å². The summed E-state index contributed by atoms with van der Waals surface area (Å²) in [4.78, 5) is 0. The smallest absolute Gasteiger partial charge is 0.0843 e. The maximum absolute atomic E-state index is 8.39. The van der Waals surface area contributed by atoms with Crippen LogP contribution in [-0.2, 0) is 0 Å². The van der Waals surface area contributed by atoms with Gasteiger partial charge in [-0.15, -0.1) is 0 Å². The van der Waals surface area contributed by atoms with Gasteiger partial charge in [-0.05, 0) is 12.0 Å². The Hall–Kier alpha value is -1.33. The molecule has 2 heteroatoms. The van der Waals surface area contributed by atoms with Crippen molar-refractivity contribution in [1.29, 1.82) is 5.26 Å². The van der Waals surface area contributed by atoms with Gasteiger partial charge in [0, 0.05) is 12.0 Å². The SMILES string of the molecule is N#CCNC1CC1c1ccccc1. The van der Waals surface area contributed by atoms with Crippen LogP contribution in [0.15, 0.2) is 30.3 Å². The van der Waals surface area contributed by atoms with Gasteiger partial charge in [-0.1, -0.05) is 30.3 Å². The maximum atomic E-state index is 8.39. The van der Waals surface area contributed by atoms with E-state index in [1.807, 2.05) is 6.07 Å². The summed E-state index contributed by atoms with van der Waals surface area (Å²) in [5, 5.41) is 11.6. The molecule has 0 radical (unpaired) electrons. The van der Waals surface area contributed by atoms with Crippen LogP contribution in [0.2, 0.25) is 0 Å². The summed E-state index contributed by atoms with van der Waals surface area (Å²) in [5.74, 6) is 0.634. The van der Waals surface area contributed by atoms with Gasteiger partial charge in [0.15, 0.2) is 0 Å². The largest absolute Gasteiger partial charge is 0.301 e. The predicted octanol–water partition coefficient (Wildman–Crippen LogP) is 1.66. The van der Waals surface area contributed by atoms with Crippen LogP contribution in [0.5, 0.6) is 0 Å². The van der Waals surface area contributed by atoms with Crippen molar-refractivity contribution in [3.8, 4) is 6.07 Å². The molecular weight excluding hydrogens is 160 g/mol. The first-order valence-electron chi connectivity index (χ1n) is 4.57. The Kier molecular flexibility index (Phi) is 2.29. The molecule has 0 aliphatic heterocycles. The highest BCUT2D eigenvalue weighted by atomic mass is 15.0. The van der Waals surface area contributed by atoms with Gasteiger partial charge < -0.3 is 5.32 Å². The van der Waals surface area contributed by atoms with E-state index in [0.29, 0.717) is 18.5 Å². The summed E-state index contributed by atoms with van der Waals surface area (Å²) in [6, 6.07) is 13.1. The molecule has 0 aromatic heterocycles. The summed E-state index contributed by atoms with van der Waals surface area (Å²) in [5.41, 5.74) is 1.39. The minimum absolute atomic E-state index is 0.466. The van der Waals surface area contributed by atoms with Crippen LogP contribution in [0.4, 0.5) is 0 Å². The third-order valence-electron chi connectivity index (χ3n) is 2.46. The molecule has 2 atom stereocenters. The van der Waals surface area contributed by atoms with Gasteiger partial charge in [0.05, 0.1) is 12.6 Å². The highest BCUT2D eigenvalue weighted by Gasteiger charge is 2.37. The van der Waals surface area contributed by atoms with E-state index in [0.717, 1.165) is 0 Å². The topological polar surface area (TPSA) is 35.8 Å². The van der Waals surface area contributed by atoms with Crippen molar-refractivity contribution in [2.45, 2.75) is 18.4 Å². The van der Waals surface area contributed by atoms with Crippen molar-refractivity contribution in [1.82, 2.24) is 5.32 Å². The number of rotatable bonds is 3. The molecule has 2 unspecified atom stereocenters. The average Bonchev–Trinajstić information content (AvgIpc) is 2.95. The Labute approximate surface area is 78.2 Å². The molecule has 1 N–H and O–H groups in total. The molecule has 1 aliphatic rings. The minimum Gasteiger partial charge on any atom is -0.301 e. The molecule has 1 aromatic carbocycles. The summed E-state index contributed by atoms with van der Waals surface area (Å²) < 4.78 is 0. The zero-order valence-corrected chi connectivity index (χ0v) is 7.40. The number of nitrogens with one attached hydrogen (secondary N) is 1. The second-order valence-corrected chi connectivity index (χ2v) is 3.40. The highest BCUT2D eigenvalue weighted by molar-refractivity contribution is 5.27. The Morgan fingerprint density at radius 3 is 2.85 bits per heavy atom. The van der Waals surface area contributed by atoms with Gasteiger partial charge in [-0.2, -0.15) is 5.26 Å². The van der Waals surface area contributed by atoms with E-state index in [9.17, 15) is 0 Å². The van der Waals surface area contributed by atoms with E-state index in [-0.39, 0.29) is 0 Å². The van der Waals surface area contributed by atoms with Gasteiger partial charge in [-0.3, -0.25) is 0 Å². The van der Waals surface area contributed by atoms with Crippen molar-refractivity contribution >= 4 is 0 Å². The summed E-state index contributed by atoms with van der Waals surface area (Å²) in [6.07, 6.45) is 1.17. The lowest BCUT2D eigenvalue weighted by Gasteiger charge is -1.99. The average molecular weight is 172 g/mol. The maximum Gasteiger partial charge on any atom is 0.0843 e. The van der Waals surface area contributed by atoms with Crippen molar-refractivity contribution in [3.63, 3.8) is 0 Å². The molecule has 0 spiro atoms. The van der Waals surface area contributed by atoms with Gasteiger partial charge in [0.1, 0.15) is 0 Å². The van der Waals surface area contributed by atoms with E-state index in [1.54, 1.807) is 0 Å². The van der Waals surface area contributed by atoms with E-state index in [4.69, 9.17) is 5.26 Å². The molecule has 1 fully saturated rings. The molecule has 0 saturated heterocycles.